The molecule has 0 fully saturated rings. The zero-order chi connectivity index (χ0) is 16.8. The summed E-state index contributed by atoms with van der Waals surface area (Å²) in [5.41, 5.74) is 1.98. The maximum absolute atomic E-state index is 12.0. The number of hydrogen-bond donors (Lipinski definition) is 3. The van der Waals surface area contributed by atoms with Crippen LogP contribution in [-0.4, -0.2) is 24.3 Å². The van der Waals surface area contributed by atoms with Crippen LogP contribution in [0.5, 0.6) is 0 Å². The highest BCUT2D eigenvalue weighted by molar-refractivity contribution is 7.12. The third kappa shape index (κ3) is 4.65. The van der Waals surface area contributed by atoms with Gasteiger partial charge in [0.15, 0.2) is 0 Å². The quantitative estimate of drug-likeness (QED) is 0.786. The molecule has 1 aromatic carbocycles. The zero-order valence-corrected chi connectivity index (χ0v) is 13.6. The summed E-state index contributed by atoms with van der Waals surface area (Å²) in [6.45, 7) is 3.09. The van der Waals surface area contributed by atoms with Crippen molar-refractivity contribution in [3.63, 3.8) is 0 Å². The first-order valence-corrected chi connectivity index (χ1v) is 7.84. The van der Waals surface area contributed by atoms with E-state index in [2.05, 4.69) is 16.0 Å². The molecule has 0 saturated heterocycles. The SMILES string of the molecule is CC(=O)Nc1cccc(NC(=O)CNC(=O)c2cccs2)c1C. The van der Waals surface area contributed by atoms with E-state index in [1.807, 2.05) is 0 Å². The van der Waals surface area contributed by atoms with Gasteiger partial charge in [-0.25, -0.2) is 0 Å². The molecule has 0 unspecified atom stereocenters. The van der Waals surface area contributed by atoms with Gasteiger partial charge in [-0.15, -0.1) is 11.3 Å². The van der Waals surface area contributed by atoms with Gasteiger partial charge in [0.2, 0.25) is 11.8 Å². The zero-order valence-electron chi connectivity index (χ0n) is 12.8. The third-order valence-electron chi connectivity index (χ3n) is 3.07. The van der Waals surface area contributed by atoms with Crippen LogP contribution >= 0.6 is 11.3 Å². The Hall–Kier alpha value is -2.67. The van der Waals surface area contributed by atoms with E-state index in [-0.39, 0.29) is 24.3 Å². The molecule has 7 heteroatoms. The molecule has 0 aliphatic rings. The van der Waals surface area contributed by atoms with Crippen LogP contribution in [0, 0.1) is 6.92 Å². The Labute approximate surface area is 137 Å². The van der Waals surface area contributed by atoms with Gasteiger partial charge >= 0.3 is 0 Å². The highest BCUT2D eigenvalue weighted by atomic mass is 32.1. The summed E-state index contributed by atoms with van der Waals surface area (Å²) >= 11 is 1.31. The molecule has 1 aromatic heterocycles. The fourth-order valence-corrected chi connectivity index (χ4v) is 2.59. The number of thiophene rings is 1. The van der Waals surface area contributed by atoms with Gasteiger partial charge in [-0.3, -0.25) is 14.4 Å². The Morgan fingerprint density at radius 3 is 2.35 bits per heavy atom. The second kappa shape index (κ2) is 7.55. The predicted molar refractivity (Wildman–Crippen MR) is 90.8 cm³/mol. The van der Waals surface area contributed by atoms with Crippen molar-refractivity contribution in [3.8, 4) is 0 Å². The van der Waals surface area contributed by atoms with Crippen LogP contribution < -0.4 is 16.0 Å². The van der Waals surface area contributed by atoms with Crippen molar-refractivity contribution in [2.24, 2.45) is 0 Å². The minimum absolute atomic E-state index is 0.124. The molecule has 6 nitrogen and oxygen atoms in total. The number of amides is 3. The summed E-state index contributed by atoms with van der Waals surface area (Å²) in [4.78, 5) is 35.4. The number of benzene rings is 1. The highest BCUT2D eigenvalue weighted by Gasteiger charge is 2.11. The van der Waals surface area contributed by atoms with Gasteiger partial charge in [0.1, 0.15) is 0 Å². The molecule has 0 aliphatic heterocycles. The van der Waals surface area contributed by atoms with Crippen LogP contribution in [0.1, 0.15) is 22.2 Å². The van der Waals surface area contributed by atoms with Crippen molar-refractivity contribution < 1.29 is 14.4 Å². The average molecular weight is 331 g/mol. The van der Waals surface area contributed by atoms with E-state index < -0.39 is 0 Å². The molecule has 0 bridgehead atoms. The van der Waals surface area contributed by atoms with Gasteiger partial charge in [-0.2, -0.15) is 0 Å². The highest BCUT2D eigenvalue weighted by Crippen LogP contribution is 2.23. The molecule has 0 aliphatic carbocycles. The Kier molecular flexibility index (Phi) is 5.48. The topological polar surface area (TPSA) is 87.3 Å². The average Bonchev–Trinajstić information content (AvgIpc) is 3.03. The first kappa shape index (κ1) is 16.7. The van der Waals surface area contributed by atoms with Gasteiger partial charge in [-0.1, -0.05) is 12.1 Å². The lowest BCUT2D eigenvalue weighted by Gasteiger charge is -2.13. The van der Waals surface area contributed by atoms with Crippen molar-refractivity contribution in [2.75, 3.05) is 17.2 Å². The summed E-state index contributed by atoms with van der Waals surface area (Å²) in [6.07, 6.45) is 0. The molecule has 0 radical (unpaired) electrons. The first-order valence-electron chi connectivity index (χ1n) is 6.96. The summed E-state index contributed by atoms with van der Waals surface area (Å²) in [6, 6.07) is 8.69. The lowest BCUT2D eigenvalue weighted by Crippen LogP contribution is -2.32. The molecule has 3 amide bonds. The minimum Gasteiger partial charge on any atom is -0.342 e. The Balaban J connectivity index is 1.95. The molecular weight excluding hydrogens is 314 g/mol. The van der Waals surface area contributed by atoms with Gasteiger partial charge in [0.05, 0.1) is 11.4 Å². The van der Waals surface area contributed by atoms with Crippen molar-refractivity contribution in [1.29, 1.82) is 0 Å². The Morgan fingerprint density at radius 1 is 1.04 bits per heavy atom. The van der Waals surface area contributed by atoms with E-state index in [1.54, 1.807) is 42.6 Å². The molecule has 0 spiro atoms. The van der Waals surface area contributed by atoms with Crippen LogP contribution in [0.25, 0.3) is 0 Å². The van der Waals surface area contributed by atoms with E-state index in [9.17, 15) is 14.4 Å². The smallest absolute Gasteiger partial charge is 0.261 e. The maximum Gasteiger partial charge on any atom is 0.261 e. The summed E-state index contributed by atoms with van der Waals surface area (Å²) in [5.74, 6) is -0.795. The lowest BCUT2D eigenvalue weighted by molar-refractivity contribution is -0.115. The van der Waals surface area contributed by atoms with Crippen LogP contribution in [-0.2, 0) is 9.59 Å². The Morgan fingerprint density at radius 2 is 1.74 bits per heavy atom. The number of anilines is 2. The number of hydrogen-bond acceptors (Lipinski definition) is 4. The van der Waals surface area contributed by atoms with Crippen LogP contribution in [0.3, 0.4) is 0 Å². The van der Waals surface area contributed by atoms with Crippen molar-refractivity contribution in [1.82, 2.24) is 5.32 Å². The number of carbonyl (C=O) groups is 3. The van der Waals surface area contributed by atoms with E-state index in [0.717, 1.165) is 5.56 Å². The van der Waals surface area contributed by atoms with E-state index in [0.29, 0.717) is 16.3 Å². The number of nitrogens with one attached hydrogen (secondary N) is 3. The van der Waals surface area contributed by atoms with Crippen molar-refractivity contribution >= 4 is 40.4 Å². The van der Waals surface area contributed by atoms with Crippen LogP contribution in [0.4, 0.5) is 11.4 Å². The van der Waals surface area contributed by atoms with Crippen molar-refractivity contribution in [2.45, 2.75) is 13.8 Å². The summed E-state index contributed by atoms with van der Waals surface area (Å²) < 4.78 is 0. The van der Waals surface area contributed by atoms with Gasteiger partial charge in [0.25, 0.3) is 5.91 Å². The van der Waals surface area contributed by atoms with Gasteiger partial charge in [-0.05, 0) is 36.1 Å². The van der Waals surface area contributed by atoms with E-state index in [1.165, 1.54) is 18.3 Å². The molecule has 0 saturated carbocycles. The molecule has 2 rings (SSSR count). The number of carbonyl (C=O) groups excluding carboxylic acids is 3. The molecule has 120 valence electrons. The normalized spacial score (nSPS) is 10.0. The van der Waals surface area contributed by atoms with Gasteiger partial charge < -0.3 is 16.0 Å². The standard InChI is InChI=1S/C16H17N3O3S/c1-10-12(18-11(2)20)5-3-6-13(10)19-15(21)9-17-16(22)14-7-4-8-23-14/h3-8H,9H2,1-2H3,(H,17,22)(H,18,20)(H,19,21). The van der Waals surface area contributed by atoms with Crippen molar-refractivity contribution in [3.05, 3.63) is 46.2 Å². The second-order valence-electron chi connectivity index (χ2n) is 4.87. The predicted octanol–water partition coefficient (Wildman–Crippen LogP) is 2.38. The fraction of sp³-hybridized carbons (Fsp3) is 0.188. The minimum atomic E-state index is -0.335. The molecule has 1 heterocycles. The third-order valence-corrected chi connectivity index (χ3v) is 3.94. The molecule has 3 N–H and O–H groups in total. The fourth-order valence-electron chi connectivity index (χ4n) is 1.95. The molecular formula is C16H17N3O3S. The van der Waals surface area contributed by atoms with E-state index in [4.69, 9.17) is 0 Å². The van der Waals surface area contributed by atoms with Gasteiger partial charge in [0, 0.05) is 18.3 Å². The maximum atomic E-state index is 12.0. The Bertz CT molecular complexity index is 726. The largest absolute Gasteiger partial charge is 0.342 e. The molecule has 0 atom stereocenters. The van der Waals surface area contributed by atoms with Crippen LogP contribution in [0.2, 0.25) is 0 Å². The van der Waals surface area contributed by atoms with E-state index >= 15 is 0 Å². The molecule has 23 heavy (non-hydrogen) atoms. The lowest BCUT2D eigenvalue weighted by atomic mass is 10.1. The number of rotatable bonds is 5. The molecule has 2 aromatic rings. The van der Waals surface area contributed by atoms with Crippen LogP contribution in [0.15, 0.2) is 35.7 Å². The summed E-state index contributed by atoms with van der Waals surface area (Å²) in [5, 5.41) is 9.78. The summed E-state index contributed by atoms with van der Waals surface area (Å²) in [7, 11) is 0. The second-order valence-corrected chi connectivity index (χ2v) is 5.82. The first-order chi connectivity index (χ1) is 11.0. The monoisotopic (exact) mass is 331 g/mol.